The number of nitrogens with one attached hydrogen (secondary N) is 2. The molecule has 0 aliphatic rings. The highest BCUT2D eigenvalue weighted by molar-refractivity contribution is 5.73. The Bertz CT molecular complexity index is 864. The SMILES string of the molecule is CCCOc1cccc(CNC(=O)NCc2ccnc(-n3cccn3)c2)c1. The standard InChI is InChI=1S/C20H23N5O2/c1-2-11-27-18-6-3-5-16(12-18)14-22-20(26)23-15-17-7-9-21-19(13-17)25-10-4-8-24-25/h3-10,12-13H,2,11,14-15H2,1H3,(H2,22,23,26). The van der Waals surface area contributed by atoms with E-state index < -0.39 is 0 Å². The number of aromatic nitrogens is 3. The molecule has 7 nitrogen and oxygen atoms in total. The van der Waals surface area contributed by atoms with E-state index >= 15 is 0 Å². The van der Waals surface area contributed by atoms with Gasteiger partial charge in [0.2, 0.25) is 0 Å². The molecule has 2 N–H and O–H groups in total. The summed E-state index contributed by atoms with van der Waals surface area (Å²) in [5.74, 6) is 1.53. The number of urea groups is 1. The molecule has 0 spiro atoms. The molecular formula is C20H23N5O2. The van der Waals surface area contributed by atoms with Gasteiger partial charge in [-0.25, -0.2) is 14.5 Å². The van der Waals surface area contributed by atoms with E-state index in [1.807, 2.05) is 48.7 Å². The first-order valence-electron chi connectivity index (χ1n) is 8.93. The molecule has 2 amide bonds. The van der Waals surface area contributed by atoms with Gasteiger partial charge in [0.15, 0.2) is 5.82 Å². The molecular weight excluding hydrogens is 342 g/mol. The second-order valence-corrected chi connectivity index (χ2v) is 6.01. The van der Waals surface area contributed by atoms with Crippen LogP contribution in [-0.2, 0) is 13.1 Å². The van der Waals surface area contributed by atoms with E-state index in [1.54, 1.807) is 17.1 Å². The number of carbonyl (C=O) groups excluding carboxylic acids is 1. The van der Waals surface area contributed by atoms with Crippen molar-refractivity contribution in [2.24, 2.45) is 0 Å². The minimum atomic E-state index is -0.229. The number of amides is 2. The molecule has 7 heteroatoms. The van der Waals surface area contributed by atoms with Crippen LogP contribution in [0.4, 0.5) is 4.79 Å². The van der Waals surface area contributed by atoms with Crippen LogP contribution >= 0.6 is 0 Å². The van der Waals surface area contributed by atoms with Gasteiger partial charge in [-0.2, -0.15) is 5.10 Å². The quantitative estimate of drug-likeness (QED) is 0.643. The maximum absolute atomic E-state index is 12.1. The third-order valence-electron chi connectivity index (χ3n) is 3.83. The number of pyridine rings is 1. The number of rotatable bonds is 8. The fraction of sp³-hybridized carbons (Fsp3) is 0.250. The van der Waals surface area contributed by atoms with Gasteiger partial charge >= 0.3 is 6.03 Å². The third kappa shape index (κ3) is 5.57. The van der Waals surface area contributed by atoms with E-state index in [4.69, 9.17) is 4.74 Å². The van der Waals surface area contributed by atoms with Crippen LogP contribution in [0, 0.1) is 0 Å². The van der Waals surface area contributed by atoms with Gasteiger partial charge in [-0.3, -0.25) is 0 Å². The summed E-state index contributed by atoms with van der Waals surface area (Å²) in [5.41, 5.74) is 1.93. The van der Waals surface area contributed by atoms with Crippen LogP contribution in [0.5, 0.6) is 5.75 Å². The van der Waals surface area contributed by atoms with Crippen molar-refractivity contribution in [3.8, 4) is 11.6 Å². The molecule has 3 rings (SSSR count). The summed E-state index contributed by atoms with van der Waals surface area (Å²) < 4.78 is 7.29. The molecule has 0 aliphatic carbocycles. The lowest BCUT2D eigenvalue weighted by Gasteiger charge is -2.10. The zero-order chi connectivity index (χ0) is 18.9. The Morgan fingerprint density at radius 2 is 1.89 bits per heavy atom. The smallest absolute Gasteiger partial charge is 0.315 e. The predicted octanol–water partition coefficient (Wildman–Crippen LogP) is 3.06. The second-order valence-electron chi connectivity index (χ2n) is 6.01. The molecule has 0 fully saturated rings. The lowest BCUT2D eigenvalue weighted by atomic mass is 10.2. The fourth-order valence-electron chi connectivity index (χ4n) is 2.49. The number of benzene rings is 1. The van der Waals surface area contributed by atoms with Crippen molar-refractivity contribution in [3.63, 3.8) is 0 Å². The number of hydrogen-bond acceptors (Lipinski definition) is 4. The van der Waals surface area contributed by atoms with E-state index in [0.29, 0.717) is 25.5 Å². The van der Waals surface area contributed by atoms with Gasteiger partial charge in [0, 0.05) is 31.7 Å². The maximum Gasteiger partial charge on any atom is 0.315 e. The first-order chi connectivity index (χ1) is 13.2. The molecule has 27 heavy (non-hydrogen) atoms. The van der Waals surface area contributed by atoms with Crippen molar-refractivity contribution >= 4 is 6.03 Å². The van der Waals surface area contributed by atoms with Crippen LogP contribution in [0.25, 0.3) is 5.82 Å². The highest BCUT2D eigenvalue weighted by Crippen LogP contribution is 2.13. The second kappa shape index (κ2) is 9.38. The van der Waals surface area contributed by atoms with Crippen LogP contribution in [0.15, 0.2) is 61.1 Å². The van der Waals surface area contributed by atoms with Crippen LogP contribution in [0.2, 0.25) is 0 Å². The molecule has 140 valence electrons. The van der Waals surface area contributed by atoms with Crippen molar-refractivity contribution < 1.29 is 9.53 Å². The number of hydrogen-bond donors (Lipinski definition) is 2. The van der Waals surface area contributed by atoms with Gasteiger partial charge in [-0.05, 0) is 47.9 Å². The van der Waals surface area contributed by atoms with E-state index in [2.05, 4.69) is 27.6 Å². The average molecular weight is 365 g/mol. The Labute approximate surface area is 158 Å². The first-order valence-corrected chi connectivity index (χ1v) is 8.93. The van der Waals surface area contributed by atoms with E-state index in [-0.39, 0.29) is 6.03 Å². The fourth-order valence-corrected chi connectivity index (χ4v) is 2.49. The molecule has 2 heterocycles. The Balaban J connectivity index is 1.48. The average Bonchev–Trinajstić information content (AvgIpc) is 3.25. The third-order valence-corrected chi connectivity index (χ3v) is 3.83. The van der Waals surface area contributed by atoms with Crippen LogP contribution in [-0.4, -0.2) is 27.4 Å². The number of nitrogens with zero attached hydrogens (tertiary/aromatic N) is 3. The lowest BCUT2D eigenvalue weighted by molar-refractivity contribution is 0.240. The topological polar surface area (TPSA) is 81.1 Å². The number of carbonyl (C=O) groups is 1. The Morgan fingerprint density at radius 3 is 2.63 bits per heavy atom. The lowest BCUT2D eigenvalue weighted by Crippen LogP contribution is -2.34. The summed E-state index contributed by atoms with van der Waals surface area (Å²) in [5, 5.41) is 9.86. The van der Waals surface area contributed by atoms with Gasteiger partial charge < -0.3 is 15.4 Å². The molecule has 0 saturated heterocycles. The first kappa shape index (κ1) is 18.4. The minimum absolute atomic E-state index is 0.229. The van der Waals surface area contributed by atoms with Gasteiger partial charge in [0.05, 0.1) is 6.61 Å². The molecule has 0 bridgehead atoms. The summed E-state index contributed by atoms with van der Waals surface area (Å²) >= 11 is 0. The molecule has 3 aromatic rings. The van der Waals surface area contributed by atoms with Gasteiger partial charge in [0.25, 0.3) is 0 Å². The molecule has 0 aliphatic heterocycles. The summed E-state index contributed by atoms with van der Waals surface area (Å²) in [6, 6.07) is 13.1. The molecule has 0 atom stereocenters. The Kier molecular flexibility index (Phi) is 6.40. The molecule has 2 aromatic heterocycles. The molecule has 0 radical (unpaired) electrons. The Morgan fingerprint density at radius 1 is 1.07 bits per heavy atom. The summed E-state index contributed by atoms with van der Waals surface area (Å²) in [4.78, 5) is 16.3. The summed E-state index contributed by atoms with van der Waals surface area (Å²) in [7, 11) is 0. The monoisotopic (exact) mass is 365 g/mol. The number of ether oxygens (including phenoxy) is 1. The van der Waals surface area contributed by atoms with E-state index in [1.165, 1.54) is 0 Å². The van der Waals surface area contributed by atoms with Gasteiger partial charge in [-0.1, -0.05) is 19.1 Å². The maximum atomic E-state index is 12.1. The normalized spacial score (nSPS) is 10.4. The van der Waals surface area contributed by atoms with Crippen LogP contribution in [0.1, 0.15) is 24.5 Å². The van der Waals surface area contributed by atoms with Crippen molar-refractivity contribution in [2.45, 2.75) is 26.4 Å². The zero-order valence-corrected chi connectivity index (χ0v) is 15.3. The van der Waals surface area contributed by atoms with Crippen LogP contribution in [0.3, 0.4) is 0 Å². The molecule has 0 unspecified atom stereocenters. The molecule has 0 saturated carbocycles. The van der Waals surface area contributed by atoms with Crippen molar-refractivity contribution in [1.29, 1.82) is 0 Å². The predicted molar refractivity (Wildman–Crippen MR) is 103 cm³/mol. The largest absolute Gasteiger partial charge is 0.494 e. The Hall–Kier alpha value is -3.35. The van der Waals surface area contributed by atoms with Gasteiger partial charge in [-0.15, -0.1) is 0 Å². The van der Waals surface area contributed by atoms with Gasteiger partial charge in [0.1, 0.15) is 5.75 Å². The summed E-state index contributed by atoms with van der Waals surface area (Å²) in [6.45, 7) is 3.59. The van der Waals surface area contributed by atoms with Crippen molar-refractivity contribution in [2.75, 3.05) is 6.61 Å². The molecule has 1 aromatic carbocycles. The van der Waals surface area contributed by atoms with Crippen LogP contribution < -0.4 is 15.4 Å². The van der Waals surface area contributed by atoms with Crippen molar-refractivity contribution in [3.05, 3.63) is 72.2 Å². The van der Waals surface area contributed by atoms with E-state index in [0.717, 1.165) is 23.3 Å². The van der Waals surface area contributed by atoms with Crippen molar-refractivity contribution in [1.82, 2.24) is 25.4 Å². The highest BCUT2D eigenvalue weighted by atomic mass is 16.5. The zero-order valence-electron chi connectivity index (χ0n) is 15.3. The summed E-state index contributed by atoms with van der Waals surface area (Å²) in [6.07, 6.45) is 6.18. The minimum Gasteiger partial charge on any atom is -0.494 e. The van der Waals surface area contributed by atoms with E-state index in [9.17, 15) is 4.79 Å². The highest BCUT2D eigenvalue weighted by Gasteiger charge is 2.04.